The van der Waals surface area contributed by atoms with Crippen molar-refractivity contribution in [3.63, 3.8) is 0 Å². The van der Waals surface area contributed by atoms with Crippen LogP contribution in [0.1, 0.15) is 13.8 Å². The number of hydrogen-bond acceptors (Lipinski definition) is 4. The van der Waals surface area contributed by atoms with Crippen LogP contribution in [0.25, 0.3) is 0 Å². The summed E-state index contributed by atoms with van der Waals surface area (Å²) < 4.78 is 5.25. The lowest BCUT2D eigenvalue weighted by Gasteiger charge is -2.12. The fourth-order valence-electron chi connectivity index (χ4n) is 0.930. The lowest BCUT2D eigenvalue weighted by atomic mass is 10.4. The summed E-state index contributed by atoms with van der Waals surface area (Å²) in [5, 5.41) is 3.13. The zero-order valence-electron chi connectivity index (χ0n) is 8.03. The topological polar surface area (TPSA) is 47.0 Å². The van der Waals surface area contributed by atoms with Crippen molar-refractivity contribution in [2.24, 2.45) is 0 Å². The summed E-state index contributed by atoms with van der Waals surface area (Å²) in [6, 6.07) is 2.03. The number of nitrogens with one attached hydrogen (secondary N) is 1. The van der Waals surface area contributed by atoms with Gasteiger partial charge in [0.15, 0.2) is 0 Å². The Morgan fingerprint density at radius 1 is 1.46 bits per heavy atom. The van der Waals surface area contributed by atoms with Gasteiger partial charge in [0.2, 0.25) is 5.95 Å². The molecule has 1 aromatic heterocycles. The number of rotatable bonds is 5. The minimum atomic E-state index is 0.238. The van der Waals surface area contributed by atoms with Gasteiger partial charge in [0.25, 0.3) is 0 Å². The monoisotopic (exact) mass is 181 g/mol. The molecule has 0 bridgehead atoms. The average molecular weight is 181 g/mol. The molecule has 0 fully saturated rings. The van der Waals surface area contributed by atoms with Crippen molar-refractivity contribution in [2.75, 3.05) is 18.5 Å². The summed E-state index contributed by atoms with van der Waals surface area (Å²) >= 11 is 0. The van der Waals surface area contributed by atoms with Crippen LogP contribution in [0.4, 0.5) is 5.95 Å². The normalized spacial score (nSPS) is 12.5. The van der Waals surface area contributed by atoms with E-state index in [1.165, 1.54) is 0 Å². The van der Waals surface area contributed by atoms with Gasteiger partial charge in [0.1, 0.15) is 0 Å². The highest BCUT2D eigenvalue weighted by molar-refractivity contribution is 5.23. The van der Waals surface area contributed by atoms with E-state index < -0.39 is 0 Å². The Morgan fingerprint density at radius 2 is 2.15 bits per heavy atom. The van der Waals surface area contributed by atoms with Gasteiger partial charge < -0.3 is 10.1 Å². The Morgan fingerprint density at radius 3 is 2.77 bits per heavy atom. The molecule has 1 heterocycles. The Labute approximate surface area is 78.4 Å². The van der Waals surface area contributed by atoms with Gasteiger partial charge in [-0.25, -0.2) is 9.97 Å². The second-order valence-electron chi connectivity index (χ2n) is 2.78. The molecule has 0 aliphatic carbocycles. The van der Waals surface area contributed by atoms with Crippen molar-refractivity contribution in [1.82, 2.24) is 9.97 Å². The van der Waals surface area contributed by atoms with Crippen LogP contribution in [0, 0.1) is 0 Å². The highest BCUT2D eigenvalue weighted by atomic mass is 16.5. The van der Waals surface area contributed by atoms with Crippen molar-refractivity contribution in [3.05, 3.63) is 18.5 Å². The fraction of sp³-hybridized carbons (Fsp3) is 0.556. The smallest absolute Gasteiger partial charge is 0.222 e. The molecule has 1 rings (SSSR count). The van der Waals surface area contributed by atoms with Crippen molar-refractivity contribution in [3.8, 4) is 0 Å². The summed E-state index contributed by atoms with van der Waals surface area (Å²) in [5.41, 5.74) is 0. The molecule has 13 heavy (non-hydrogen) atoms. The highest BCUT2D eigenvalue weighted by Crippen LogP contribution is 1.97. The van der Waals surface area contributed by atoms with E-state index in [-0.39, 0.29) is 6.04 Å². The second-order valence-corrected chi connectivity index (χ2v) is 2.78. The predicted molar refractivity (Wildman–Crippen MR) is 51.6 cm³/mol. The first kappa shape index (κ1) is 9.92. The minimum absolute atomic E-state index is 0.238. The van der Waals surface area contributed by atoms with Gasteiger partial charge in [0, 0.05) is 25.0 Å². The van der Waals surface area contributed by atoms with E-state index >= 15 is 0 Å². The molecule has 0 aliphatic rings. The summed E-state index contributed by atoms with van der Waals surface area (Å²) in [7, 11) is 0. The van der Waals surface area contributed by atoms with Crippen LogP contribution < -0.4 is 5.32 Å². The molecule has 0 aromatic carbocycles. The third-order valence-corrected chi connectivity index (χ3v) is 1.51. The number of aromatic nitrogens is 2. The second kappa shape index (κ2) is 5.48. The molecular formula is C9H15N3O. The van der Waals surface area contributed by atoms with Gasteiger partial charge in [-0.2, -0.15) is 0 Å². The van der Waals surface area contributed by atoms with E-state index in [0.717, 1.165) is 6.61 Å². The van der Waals surface area contributed by atoms with Crippen molar-refractivity contribution >= 4 is 5.95 Å². The first-order valence-corrected chi connectivity index (χ1v) is 4.44. The number of hydrogen-bond donors (Lipinski definition) is 1. The van der Waals surface area contributed by atoms with E-state index in [1.54, 1.807) is 18.5 Å². The number of ether oxygens (including phenoxy) is 1. The summed E-state index contributed by atoms with van der Waals surface area (Å²) in [6.45, 7) is 5.42. The van der Waals surface area contributed by atoms with Crippen molar-refractivity contribution < 1.29 is 4.74 Å². The molecule has 0 amide bonds. The average Bonchev–Trinajstić information content (AvgIpc) is 2.16. The van der Waals surface area contributed by atoms with Crippen molar-refractivity contribution in [1.29, 1.82) is 0 Å². The molecule has 0 saturated heterocycles. The van der Waals surface area contributed by atoms with E-state index in [2.05, 4.69) is 15.3 Å². The molecule has 0 aliphatic heterocycles. The lowest BCUT2D eigenvalue weighted by Crippen LogP contribution is -2.22. The van der Waals surface area contributed by atoms with Gasteiger partial charge in [-0.15, -0.1) is 0 Å². The van der Waals surface area contributed by atoms with E-state index in [0.29, 0.717) is 12.6 Å². The molecular weight excluding hydrogens is 166 g/mol. The van der Waals surface area contributed by atoms with Crippen LogP contribution in [-0.2, 0) is 4.74 Å². The Bertz CT molecular complexity index is 228. The van der Waals surface area contributed by atoms with Crippen molar-refractivity contribution in [2.45, 2.75) is 19.9 Å². The molecule has 1 atom stereocenters. The van der Waals surface area contributed by atoms with Gasteiger partial charge >= 0.3 is 0 Å². The molecule has 1 unspecified atom stereocenters. The molecule has 0 radical (unpaired) electrons. The fourth-order valence-corrected chi connectivity index (χ4v) is 0.930. The predicted octanol–water partition coefficient (Wildman–Crippen LogP) is 1.31. The number of nitrogens with zero attached hydrogens (tertiary/aromatic N) is 2. The van der Waals surface area contributed by atoms with Crippen LogP contribution in [0.2, 0.25) is 0 Å². The Hall–Kier alpha value is -1.16. The lowest BCUT2D eigenvalue weighted by molar-refractivity contribution is 0.141. The molecule has 0 saturated carbocycles. The maximum Gasteiger partial charge on any atom is 0.222 e. The largest absolute Gasteiger partial charge is 0.380 e. The molecule has 1 aromatic rings. The first-order chi connectivity index (χ1) is 6.33. The summed E-state index contributed by atoms with van der Waals surface area (Å²) in [4.78, 5) is 8.10. The third-order valence-electron chi connectivity index (χ3n) is 1.51. The van der Waals surface area contributed by atoms with E-state index in [9.17, 15) is 0 Å². The van der Waals surface area contributed by atoms with Gasteiger partial charge in [0.05, 0.1) is 6.61 Å². The quantitative estimate of drug-likeness (QED) is 0.744. The van der Waals surface area contributed by atoms with E-state index in [4.69, 9.17) is 4.74 Å². The Balaban J connectivity index is 2.32. The molecule has 4 heteroatoms. The molecule has 4 nitrogen and oxygen atoms in total. The van der Waals surface area contributed by atoms with Gasteiger partial charge in [-0.05, 0) is 19.9 Å². The Kier molecular flexibility index (Phi) is 4.18. The molecule has 0 spiro atoms. The summed E-state index contributed by atoms with van der Waals surface area (Å²) in [5.74, 6) is 0.648. The zero-order valence-corrected chi connectivity index (χ0v) is 8.03. The first-order valence-electron chi connectivity index (χ1n) is 4.44. The maximum absolute atomic E-state index is 5.25. The SMILES string of the molecule is CCOCC(C)Nc1ncccn1. The maximum atomic E-state index is 5.25. The van der Waals surface area contributed by atoms with Crippen LogP contribution in [0.5, 0.6) is 0 Å². The highest BCUT2D eigenvalue weighted by Gasteiger charge is 2.01. The van der Waals surface area contributed by atoms with Crippen LogP contribution in [0.3, 0.4) is 0 Å². The molecule has 1 N–H and O–H groups in total. The third kappa shape index (κ3) is 3.85. The van der Waals surface area contributed by atoms with Gasteiger partial charge in [-0.3, -0.25) is 0 Å². The zero-order chi connectivity index (χ0) is 9.52. The van der Waals surface area contributed by atoms with Crippen LogP contribution in [0.15, 0.2) is 18.5 Å². The standard InChI is InChI=1S/C9H15N3O/c1-3-13-7-8(2)12-9-10-5-4-6-11-9/h4-6,8H,3,7H2,1-2H3,(H,10,11,12). The summed E-state index contributed by atoms with van der Waals surface area (Å²) in [6.07, 6.45) is 3.42. The number of anilines is 1. The van der Waals surface area contributed by atoms with Gasteiger partial charge in [-0.1, -0.05) is 0 Å². The molecule has 72 valence electrons. The van der Waals surface area contributed by atoms with Crippen LogP contribution in [-0.4, -0.2) is 29.2 Å². The minimum Gasteiger partial charge on any atom is -0.380 e. The van der Waals surface area contributed by atoms with Crippen LogP contribution >= 0.6 is 0 Å². The van der Waals surface area contributed by atoms with E-state index in [1.807, 2.05) is 13.8 Å².